The average molecular weight is 1590 g/mol. The molecule has 4 unspecified atom stereocenters. The zero-order valence-corrected chi connectivity index (χ0v) is 65.8. The minimum absolute atomic E-state index is 0.0373. The van der Waals surface area contributed by atoms with Crippen LogP contribution in [0.2, 0.25) is 0 Å². The molecule has 0 radical (unpaired) electrons. The van der Waals surface area contributed by atoms with E-state index in [1.165, 1.54) is 31.6 Å². The predicted octanol–water partition coefficient (Wildman–Crippen LogP) is 10.7. The fourth-order valence-corrected chi connectivity index (χ4v) is 20.0. The van der Waals surface area contributed by atoms with E-state index < -0.39 is 64.5 Å². The maximum atomic E-state index is 15.0. The summed E-state index contributed by atoms with van der Waals surface area (Å²) in [7, 11) is 5.01. The largest absolute Gasteiger partial charge is 0.494 e. The number of piperidine rings is 2. The number of piperazine rings is 1. The molecule has 6 amide bonds. The maximum Gasteiger partial charge on any atom is 0.433 e. The summed E-state index contributed by atoms with van der Waals surface area (Å²) in [6.45, 7) is 10.7. The maximum absolute atomic E-state index is 15.0. The topological polar surface area (TPSA) is 305 Å². The number of hydrogen-bond donors (Lipinski definition) is 5. The zero-order chi connectivity index (χ0) is 81.3. The molecule has 7 aliphatic rings. The summed E-state index contributed by atoms with van der Waals surface area (Å²) in [5, 5.41) is 33.7. The molecule has 7 fully saturated rings. The highest BCUT2D eigenvalue weighted by atomic mass is 19.4. The van der Waals surface area contributed by atoms with Crippen molar-refractivity contribution in [2.45, 2.75) is 183 Å². The molecule has 17 rings (SSSR count). The van der Waals surface area contributed by atoms with Crippen LogP contribution < -0.4 is 37.4 Å². The van der Waals surface area contributed by atoms with Crippen molar-refractivity contribution in [3.8, 4) is 5.75 Å². The molecular formula is C85H95F4N17O10. The van der Waals surface area contributed by atoms with Gasteiger partial charge in [0.1, 0.15) is 40.6 Å². The molecule has 27 nitrogen and oxygen atoms in total. The number of imidazole rings is 2. The van der Waals surface area contributed by atoms with Crippen molar-refractivity contribution >= 4 is 90.7 Å². The molecule has 5 N–H and O–H groups in total. The van der Waals surface area contributed by atoms with Gasteiger partial charge >= 0.3 is 17.6 Å². The number of hydrogen-bond acceptors (Lipinski definition) is 17. The number of aromatic nitrogens is 10. The number of nitrogens with zero attached hydrogens (tertiary/aromatic N) is 13. The third kappa shape index (κ3) is 14.7. The van der Waals surface area contributed by atoms with Gasteiger partial charge in [0.15, 0.2) is 0 Å². The number of methoxy groups -OCH3 is 1. The normalized spacial score (nSPS) is 23.8. The Kier molecular flexibility index (Phi) is 20.2. The molecule has 2 aliphatic carbocycles. The Morgan fingerprint density at radius 1 is 0.621 bits per heavy atom. The Bertz CT molecular complexity index is 5720. The van der Waals surface area contributed by atoms with Crippen molar-refractivity contribution < 1.29 is 56.2 Å². The van der Waals surface area contributed by atoms with Gasteiger partial charge in [-0.05, 0) is 194 Å². The SMILES string of the molecule is COc1cc2nn(C3CCC(C(C4C[C@@H]5CN(CCc6cccc7c6n(C)c(=O)n7C6CCC(=O)NC6=O)C[C@H]4N5CC4CCC(n5cc6cc(NC(=O)c7cccc(C(F)(F)F)n7)c(C(C)(C)O)cc6n5)CC4)N4CC(c5ccc6c(c5)n(C)c(=O)n6C5CCC(=O)NC5=O)C4)CC3)cc2cc1NC(=O)c1cccc(C(C)(C)F)n1. The van der Waals surface area contributed by atoms with E-state index in [-0.39, 0.29) is 108 Å². The number of rotatable bonds is 20. The summed E-state index contributed by atoms with van der Waals surface area (Å²) in [4.78, 5) is 123. The third-order valence-corrected chi connectivity index (χ3v) is 25.9. The van der Waals surface area contributed by atoms with Crippen LogP contribution in [0.5, 0.6) is 5.75 Å². The van der Waals surface area contributed by atoms with Crippen LogP contribution in [0.3, 0.4) is 0 Å². The van der Waals surface area contributed by atoms with Crippen LogP contribution in [0.1, 0.15) is 190 Å². The highest BCUT2D eigenvalue weighted by Crippen LogP contribution is 2.50. The Morgan fingerprint density at radius 2 is 1.20 bits per heavy atom. The van der Waals surface area contributed by atoms with Gasteiger partial charge in [-0.15, -0.1) is 0 Å². The number of alkyl halides is 4. The molecule has 0 spiro atoms. The second-order valence-electron chi connectivity index (χ2n) is 34.1. The zero-order valence-electron chi connectivity index (χ0n) is 65.8. The van der Waals surface area contributed by atoms with Crippen LogP contribution in [0.25, 0.3) is 43.9 Å². The Balaban J connectivity index is 0.660. The van der Waals surface area contributed by atoms with E-state index in [1.807, 2.05) is 47.4 Å². The van der Waals surface area contributed by atoms with E-state index in [0.29, 0.717) is 74.8 Å². The molecule has 5 aliphatic heterocycles. The number of ether oxygens (including phenoxy) is 1. The number of para-hydroxylation sites is 1. The molecule has 5 saturated heterocycles. The number of carbonyl (C=O) groups is 6. The van der Waals surface area contributed by atoms with Crippen molar-refractivity contribution in [1.29, 1.82) is 0 Å². The van der Waals surface area contributed by atoms with Gasteiger partial charge < -0.3 is 20.5 Å². The number of fused-ring (bicyclic) bond motifs is 6. The molecule has 4 aromatic carbocycles. The second kappa shape index (κ2) is 30.1. The number of imide groups is 2. The highest BCUT2D eigenvalue weighted by Gasteiger charge is 2.54. The first-order chi connectivity index (χ1) is 55.4. The van der Waals surface area contributed by atoms with Gasteiger partial charge in [0.2, 0.25) is 23.6 Å². The molecule has 2 saturated carbocycles. The Hall–Kier alpha value is -10.8. The van der Waals surface area contributed by atoms with Gasteiger partial charge in [-0.3, -0.25) is 81.7 Å². The van der Waals surface area contributed by atoms with Crippen molar-refractivity contribution in [2.24, 2.45) is 31.8 Å². The summed E-state index contributed by atoms with van der Waals surface area (Å²) in [5.41, 5.74) is 1.84. The molecule has 608 valence electrons. The minimum Gasteiger partial charge on any atom is -0.494 e. The van der Waals surface area contributed by atoms with Crippen molar-refractivity contribution in [3.63, 3.8) is 0 Å². The molecule has 116 heavy (non-hydrogen) atoms. The summed E-state index contributed by atoms with van der Waals surface area (Å²) in [5.74, 6) is -1.61. The van der Waals surface area contributed by atoms with E-state index in [9.17, 15) is 56.6 Å². The molecule has 2 bridgehead atoms. The average Bonchev–Trinajstić information content (AvgIpc) is 1.57. The van der Waals surface area contributed by atoms with Crippen LogP contribution in [0, 0.1) is 17.8 Å². The first-order valence-electron chi connectivity index (χ1n) is 40.3. The van der Waals surface area contributed by atoms with Gasteiger partial charge in [-0.1, -0.05) is 30.3 Å². The van der Waals surface area contributed by atoms with Crippen molar-refractivity contribution in [1.82, 2.24) is 73.1 Å². The number of aryl methyl sites for hydroxylation is 2. The molecule has 6 atom stereocenters. The summed E-state index contributed by atoms with van der Waals surface area (Å²) in [6.07, 6.45) is 8.66. The number of amides is 6. The van der Waals surface area contributed by atoms with Crippen molar-refractivity contribution in [3.05, 3.63) is 170 Å². The first kappa shape index (κ1) is 77.8. The summed E-state index contributed by atoms with van der Waals surface area (Å²) < 4.78 is 72.2. The predicted molar refractivity (Wildman–Crippen MR) is 425 cm³/mol. The summed E-state index contributed by atoms with van der Waals surface area (Å²) >= 11 is 0. The quantitative estimate of drug-likeness (QED) is 0.0350. The van der Waals surface area contributed by atoms with Crippen LogP contribution in [-0.4, -0.2) is 168 Å². The van der Waals surface area contributed by atoms with E-state index in [2.05, 4.69) is 68.8 Å². The number of carbonyl (C=O) groups excluding carboxylic acids is 6. The van der Waals surface area contributed by atoms with Gasteiger partial charge in [0.25, 0.3) is 11.8 Å². The Labute approximate surface area is 664 Å². The molecule has 11 heterocycles. The highest BCUT2D eigenvalue weighted by molar-refractivity contribution is 6.06. The van der Waals surface area contributed by atoms with Gasteiger partial charge in [-0.2, -0.15) is 23.4 Å². The number of aliphatic hydroxyl groups is 1. The van der Waals surface area contributed by atoms with Crippen LogP contribution in [-0.2, 0) is 57.1 Å². The first-order valence-corrected chi connectivity index (χ1v) is 40.3. The van der Waals surface area contributed by atoms with Gasteiger partial charge in [-0.25, -0.2) is 23.9 Å². The summed E-state index contributed by atoms with van der Waals surface area (Å²) in [6, 6.07) is 25.9. The number of anilines is 2. The third-order valence-electron chi connectivity index (χ3n) is 25.9. The van der Waals surface area contributed by atoms with Crippen LogP contribution in [0.15, 0.2) is 119 Å². The lowest BCUT2D eigenvalue weighted by molar-refractivity contribution is -0.141. The molecule has 31 heteroatoms. The molecular weight excluding hydrogens is 1500 g/mol. The Morgan fingerprint density at radius 3 is 1.81 bits per heavy atom. The number of likely N-dealkylation sites (tertiary alicyclic amines) is 2. The van der Waals surface area contributed by atoms with Gasteiger partial charge in [0.05, 0.1) is 69.3 Å². The van der Waals surface area contributed by atoms with E-state index in [0.717, 1.165) is 125 Å². The monoisotopic (exact) mass is 1590 g/mol. The number of pyridine rings is 2. The fraction of sp³-hybridized carbons (Fsp3) is 0.482. The van der Waals surface area contributed by atoms with E-state index in [1.54, 1.807) is 72.0 Å². The number of halogens is 4. The van der Waals surface area contributed by atoms with E-state index in [4.69, 9.17) is 14.9 Å². The lowest BCUT2D eigenvalue weighted by atomic mass is 9.72. The van der Waals surface area contributed by atoms with Gasteiger partial charge in [0, 0.05) is 131 Å². The number of benzene rings is 4. The van der Waals surface area contributed by atoms with Crippen LogP contribution >= 0.6 is 0 Å². The van der Waals surface area contributed by atoms with Crippen molar-refractivity contribution in [2.75, 3.05) is 57.0 Å². The fourth-order valence-electron chi connectivity index (χ4n) is 20.0. The number of nitrogens with one attached hydrogen (secondary N) is 4. The molecule has 6 aromatic heterocycles. The molecule has 10 aromatic rings. The van der Waals surface area contributed by atoms with Crippen LogP contribution in [0.4, 0.5) is 28.9 Å². The minimum atomic E-state index is -4.76. The lowest BCUT2D eigenvalue weighted by Crippen LogP contribution is -2.61. The lowest BCUT2D eigenvalue weighted by Gasteiger charge is -2.52. The van der Waals surface area contributed by atoms with E-state index >= 15 is 4.39 Å². The smallest absolute Gasteiger partial charge is 0.433 e. The second-order valence-corrected chi connectivity index (χ2v) is 34.1. The standard InChI is InChI=1S/C85H95F4N17O10/c1-83(2,86)71-15-9-12-58(90-71)78(110)93-63-34-51-43-104(97-61(51)38-70(63)116-7)54-24-19-48(20-25-54)75(101-40-52(41-101)49-21-26-64-68(35-49)98(5)81(113)105(64)66-27-29-73(107)94-79(66)111)56-36-55-44-100(32-31-47-11-8-14-65-76(47)99(6)82(114)106(65)67-28-30-74(108)95-80(67)112)45-69(56)102(55)39-46-17-22-53(23-18-46)103-42-50-33-62(57(84(3,4)115)37-60(50)96-103)92-77(109)59-13-10-16-72(91-59)85(87,88)89/h8-16,21,26,33-35,37-38,42-43,46,48,52-56,66-67,69,75,115H,17-20,22-25,27-32,36,39-41,44-45H2,1-7H3,(H,92,109)(H,93,110)(H,94,107,111)(H,95,108,112)/t46?,48?,53?,54?,55-,56?,66?,67?,69-,75?/m1/s1.